The van der Waals surface area contributed by atoms with Gasteiger partial charge in [-0.25, -0.2) is 0 Å². The summed E-state index contributed by atoms with van der Waals surface area (Å²) >= 11 is 0. The van der Waals surface area contributed by atoms with Gasteiger partial charge in [0.15, 0.2) is 6.10 Å². The Labute approximate surface area is 437 Å². The molecular formula is C55H70O20. The van der Waals surface area contributed by atoms with Crippen molar-refractivity contribution < 1.29 is 96.9 Å². The first-order chi connectivity index (χ1) is 35.9. The molecule has 5 unspecified atom stereocenters. The lowest BCUT2D eigenvalue weighted by Gasteiger charge is -2.17. The first-order valence-electron chi connectivity index (χ1n) is 23.4. The van der Waals surface area contributed by atoms with Crippen molar-refractivity contribution in [2.75, 3.05) is 66.1 Å². The number of aliphatic hydroxyl groups excluding tert-OH is 4. The van der Waals surface area contributed by atoms with Crippen LogP contribution in [0.2, 0.25) is 0 Å². The molecule has 1 saturated heterocycles. The molecule has 0 aromatic heterocycles. The molecule has 0 saturated carbocycles. The number of hydrogen-bond donors (Lipinski definition) is 5. The molecule has 5 aromatic carbocycles. The number of phenols is 1. The molecule has 0 amide bonds. The fraction of sp³-hybridized carbons (Fsp3) is 0.364. The summed E-state index contributed by atoms with van der Waals surface area (Å²) in [7, 11) is 0. The van der Waals surface area contributed by atoms with Gasteiger partial charge in [-0.2, -0.15) is 0 Å². The van der Waals surface area contributed by atoms with Crippen LogP contribution in [0.4, 0.5) is 0 Å². The van der Waals surface area contributed by atoms with Gasteiger partial charge >= 0.3 is 29.8 Å². The van der Waals surface area contributed by atoms with Crippen LogP contribution in [0.5, 0.6) is 28.7 Å². The van der Waals surface area contributed by atoms with Crippen molar-refractivity contribution in [2.45, 2.75) is 65.1 Å². The zero-order valence-corrected chi connectivity index (χ0v) is 42.8. The molecule has 5 N–H and O–H groups in total. The Balaban J connectivity index is 0.000000461. The van der Waals surface area contributed by atoms with Gasteiger partial charge in [0.25, 0.3) is 0 Å². The summed E-state index contributed by atoms with van der Waals surface area (Å²) in [5.41, 5.74) is 0. The van der Waals surface area contributed by atoms with Gasteiger partial charge in [-0.1, -0.05) is 91.0 Å². The van der Waals surface area contributed by atoms with Crippen molar-refractivity contribution >= 4 is 29.8 Å². The zero-order valence-electron chi connectivity index (χ0n) is 42.8. The Kier molecular flexibility index (Phi) is 36.3. The van der Waals surface area contributed by atoms with Gasteiger partial charge in [0.05, 0.1) is 13.2 Å². The van der Waals surface area contributed by atoms with Crippen LogP contribution in [0.15, 0.2) is 152 Å². The largest absolute Gasteiger partial charge is 0.508 e. The quantitative estimate of drug-likeness (QED) is 0.0334. The summed E-state index contributed by atoms with van der Waals surface area (Å²) in [4.78, 5) is 52.6. The highest BCUT2D eigenvalue weighted by Gasteiger charge is 2.23. The van der Waals surface area contributed by atoms with Gasteiger partial charge in [0, 0.05) is 34.6 Å². The smallest absolute Gasteiger partial charge is 0.303 e. The highest BCUT2D eigenvalue weighted by atomic mass is 16.6. The maximum absolute atomic E-state index is 10.9. The molecule has 6 rings (SSSR count). The molecule has 0 spiro atoms. The van der Waals surface area contributed by atoms with Gasteiger partial charge in [0.2, 0.25) is 0 Å². The van der Waals surface area contributed by atoms with Crippen molar-refractivity contribution in [3.63, 3.8) is 0 Å². The van der Waals surface area contributed by atoms with Crippen LogP contribution in [0.25, 0.3) is 0 Å². The molecule has 0 bridgehead atoms. The van der Waals surface area contributed by atoms with Crippen LogP contribution in [0, 0.1) is 0 Å². The Bertz CT molecular complexity index is 2150. The van der Waals surface area contributed by atoms with E-state index < -0.39 is 48.3 Å². The number of carbonyl (C=O) groups excluding carboxylic acids is 5. The summed E-state index contributed by atoms with van der Waals surface area (Å²) in [6.45, 7) is 7.86. The minimum absolute atomic E-state index is 0.0122. The number of epoxide rings is 1. The SMILES string of the molecule is CC(=O)OCC(COc1ccccc1)OC(C)=O.CC(=O)OCC(O)COc1ccccc1.CC(=O)OCC(O)COc1ccccc1.CC(=O)OCC1CO1.OCC(O)COc1ccccc1.Oc1ccccc1. The van der Waals surface area contributed by atoms with E-state index in [0.29, 0.717) is 35.4 Å². The molecule has 20 nitrogen and oxygen atoms in total. The van der Waals surface area contributed by atoms with E-state index in [2.05, 4.69) is 14.2 Å². The summed E-state index contributed by atoms with van der Waals surface area (Å²) < 4.78 is 49.5. The number of carbonyl (C=O) groups is 5. The number of hydrogen-bond acceptors (Lipinski definition) is 20. The van der Waals surface area contributed by atoms with Crippen LogP contribution in [0.3, 0.4) is 0 Å². The fourth-order valence-corrected chi connectivity index (χ4v) is 4.77. The van der Waals surface area contributed by atoms with E-state index in [9.17, 15) is 34.2 Å². The summed E-state index contributed by atoms with van der Waals surface area (Å²) in [5, 5.41) is 44.8. The topological polar surface area (TPSA) is 282 Å². The lowest BCUT2D eigenvalue weighted by molar-refractivity contribution is -0.158. The van der Waals surface area contributed by atoms with Gasteiger partial charge in [-0.15, -0.1) is 0 Å². The Morgan fingerprint density at radius 3 is 1.03 bits per heavy atom. The fourth-order valence-electron chi connectivity index (χ4n) is 4.77. The minimum atomic E-state index is -0.801. The summed E-state index contributed by atoms with van der Waals surface area (Å²) in [5.74, 6) is 1.13. The molecular weight excluding hydrogens is 981 g/mol. The molecule has 0 aliphatic carbocycles. The molecule has 1 aliphatic rings. The van der Waals surface area contributed by atoms with Crippen molar-refractivity contribution in [3.05, 3.63) is 152 Å². The summed E-state index contributed by atoms with van der Waals surface area (Å²) in [6, 6.07) is 45.3. The van der Waals surface area contributed by atoms with E-state index >= 15 is 0 Å². The van der Waals surface area contributed by atoms with Crippen LogP contribution in [-0.2, 0) is 52.4 Å². The monoisotopic (exact) mass is 1050 g/mol. The molecule has 410 valence electrons. The average Bonchev–Trinajstić information content (AvgIpc) is 4.25. The van der Waals surface area contributed by atoms with E-state index in [1.165, 1.54) is 34.6 Å². The van der Waals surface area contributed by atoms with Crippen molar-refractivity contribution in [3.8, 4) is 28.7 Å². The highest BCUT2D eigenvalue weighted by molar-refractivity contribution is 5.67. The molecule has 1 heterocycles. The number of rotatable bonds is 22. The second kappa shape index (κ2) is 41.7. The maximum Gasteiger partial charge on any atom is 0.303 e. The Hall–Kier alpha value is -7.75. The zero-order chi connectivity index (χ0) is 55.5. The Morgan fingerprint density at radius 2 is 0.747 bits per heavy atom. The average molecular weight is 1050 g/mol. The number of phenolic OH excluding ortho intramolecular Hbond substituents is 1. The number of aromatic hydroxyl groups is 1. The second-order valence-corrected chi connectivity index (χ2v) is 15.4. The summed E-state index contributed by atoms with van der Waals surface area (Å²) in [6.07, 6.45) is -2.81. The van der Waals surface area contributed by atoms with Crippen molar-refractivity contribution in [1.29, 1.82) is 0 Å². The van der Waals surface area contributed by atoms with Crippen molar-refractivity contribution in [1.82, 2.24) is 0 Å². The minimum Gasteiger partial charge on any atom is -0.508 e. The third-order valence-electron chi connectivity index (χ3n) is 8.34. The molecule has 0 radical (unpaired) electrons. The number of para-hydroxylation sites is 5. The first kappa shape index (κ1) is 65.3. The number of ether oxygens (including phenoxy) is 10. The molecule has 75 heavy (non-hydrogen) atoms. The van der Waals surface area contributed by atoms with E-state index in [1.807, 2.05) is 78.9 Å². The second-order valence-electron chi connectivity index (χ2n) is 15.4. The van der Waals surface area contributed by atoms with E-state index in [4.69, 9.17) is 48.5 Å². The standard InChI is InChI=1S/C13H16O5.2C11H14O4.C9H12O3.C6H6O.C5H8O3/c1-10(14)16-8-13(18-11(2)15)9-17-12-6-4-3-5-7-12;2*1-9(12)14-7-10(13)8-15-11-5-3-2-4-6-11;10-6-8(11)7-12-9-4-2-1-3-5-9;7-6-4-2-1-3-5-6;1-4(6)7-2-5-3-8-5/h3-7,13H,8-9H2,1-2H3;2*2-6,10,13H,7-8H2,1H3;1-5,8,10-11H,6-7H2;1-5,7H;5H,2-3H2,1H3. The normalized spacial score (nSPS) is 12.9. The third-order valence-corrected chi connectivity index (χ3v) is 8.34. The lowest BCUT2D eigenvalue weighted by Crippen LogP contribution is -2.29. The lowest BCUT2D eigenvalue weighted by atomic mass is 10.3. The molecule has 5 atom stereocenters. The highest BCUT2D eigenvalue weighted by Crippen LogP contribution is 2.12. The predicted molar refractivity (Wildman–Crippen MR) is 273 cm³/mol. The first-order valence-corrected chi connectivity index (χ1v) is 23.4. The predicted octanol–water partition coefficient (Wildman–Crippen LogP) is 5.30. The van der Waals surface area contributed by atoms with Gasteiger partial charge in [0.1, 0.15) is 106 Å². The maximum atomic E-state index is 10.9. The number of benzene rings is 5. The Morgan fingerprint density at radius 1 is 0.440 bits per heavy atom. The van der Waals surface area contributed by atoms with Crippen LogP contribution in [-0.4, -0.2) is 152 Å². The van der Waals surface area contributed by atoms with Crippen LogP contribution < -0.4 is 18.9 Å². The van der Waals surface area contributed by atoms with Crippen LogP contribution in [0.1, 0.15) is 34.6 Å². The van der Waals surface area contributed by atoms with Gasteiger partial charge in [-0.05, 0) is 60.7 Å². The van der Waals surface area contributed by atoms with Gasteiger partial charge < -0.3 is 72.9 Å². The molecule has 5 aromatic rings. The van der Waals surface area contributed by atoms with Gasteiger partial charge in [-0.3, -0.25) is 24.0 Å². The van der Waals surface area contributed by atoms with E-state index in [0.717, 1.165) is 6.61 Å². The molecule has 1 aliphatic heterocycles. The van der Waals surface area contributed by atoms with Crippen molar-refractivity contribution in [2.24, 2.45) is 0 Å². The third kappa shape index (κ3) is 41.4. The number of aliphatic hydroxyl groups is 4. The number of esters is 5. The molecule has 1 fully saturated rings. The van der Waals surface area contributed by atoms with E-state index in [-0.39, 0.29) is 64.9 Å². The van der Waals surface area contributed by atoms with E-state index in [1.54, 1.807) is 72.8 Å². The molecule has 20 heteroatoms. The van der Waals surface area contributed by atoms with Crippen LogP contribution >= 0.6 is 0 Å².